The van der Waals surface area contributed by atoms with Crippen molar-refractivity contribution in [1.29, 1.82) is 0 Å². The van der Waals surface area contributed by atoms with Crippen LogP contribution in [0.3, 0.4) is 0 Å². The fraction of sp³-hybridized carbons (Fsp3) is 0.400. The van der Waals surface area contributed by atoms with Crippen LogP contribution in [0.2, 0.25) is 5.02 Å². The number of hydrogen-bond acceptors (Lipinski definition) is 2. The second kappa shape index (κ2) is 5.22. The smallest absolute Gasteiger partial charge is 0.0947 e. The molecule has 0 radical (unpaired) electrons. The third-order valence-corrected chi connectivity index (χ3v) is 2.04. The molecule has 0 saturated heterocycles. The summed E-state index contributed by atoms with van der Waals surface area (Å²) < 4.78 is 5.45. The predicted molar refractivity (Wildman–Crippen MR) is 54.9 cm³/mol. The van der Waals surface area contributed by atoms with Gasteiger partial charge in [-0.1, -0.05) is 23.7 Å². The maximum Gasteiger partial charge on any atom is 0.0947 e. The zero-order valence-corrected chi connectivity index (χ0v) is 8.42. The third-order valence-electron chi connectivity index (χ3n) is 1.80. The van der Waals surface area contributed by atoms with E-state index in [1.54, 1.807) is 0 Å². The summed E-state index contributed by atoms with van der Waals surface area (Å²) in [6, 6.07) is 7.59. The first-order chi connectivity index (χ1) is 6.27. The van der Waals surface area contributed by atoms with Crippen LogP contribution in [0, 0.1) is 0 Å². The van der Waals surface area contributed by atoms with E-state index in [2.05, 4.69) is 0 Å². The highest BCUT2D eigenvalue weighted by molar-refractivity contribution is 6.30. The van der Waals surface area contributed by atoms with Gasteiger partial charge in [0, 0.05) is 18.2 Å². The Labute approximate surface area is 83.6 Å². The Kier molecular flexibility index (Phi) is 4.22. The highest BCUT2D eigenvalue weighted by Gasteiger charge is 2.08. The van der Waals surface area contributed by atoms with Gasteiger partial charge in [0.15, 0.2) is 0 Å². The molecule has 0 saturated carbocycles. The molecule has 0 aliphatic carbocycles. The molecule has 0 bridgehead atoms. The van der Waals surface area contributed by atoms with E-state index in [9.17, 15) is 0 Å². The number of hydrogen-bond donors (Lipinski definition) is 1. The molecule has 3 heteroatoms. The van der Waals surface area contributed by atoms with Gasteiger partial charge in [0.05, 0.1) is 6.10 Å². The van der Waals surface area contributed by atoms with E-state index in [-0.39, 0.29) is 6.10 Å². The molecule has 0 aliphatic rings. The van der Waals surface area contributed by atoms with Crippen LogP contribution in [-0.4, -0.2) is 13.2 Å². The van der Waals surface area contributed by atoms with Gasteiger partial charge in [0.1, 0.15) is 0 Å². The normalized spacial score (nSPS) is 12.8. The summed E-state index contributed by atoms with van der Waals surface area (Å²) in [6.07, 6.45) is -0.0382. The van der Waals surface area contributed by atoms with E-state index in [0.29, 0.717) is 13.2 Å². The molecule has 0 heterocycles. The molecule has 0 amide bonds. The summed E-state index contributed by atoms with van der Waals surface area (Å²) in [5.74, 6) is 0. The van der Waals surface area contributed by atoms with Crippen molar-refractivity contribution in [3.8, 4) is 0 Å². The molecule has 72 valence electrons. The Morgan fingerprint density at radius 3 is 2.85 bits per heavy atom. The molecule has 0 fully saturated rings. The Hall–Kier alpha value is -0.570. The molecule has 0 unspecified atom stereocenters. The van der Waals surface area contributed by atoms with Crippen LogP contribution in [-0.2, 0) is 4.74 Å². The number of halogens is 1. The van der Waals surface area contributed by atoms with Crippen LogP contribution in [0.15, 0.2) is 24.3 Å². The summed E-state index contributed by atoms with van der Waals surface area (Å²) in [6.45, 7) is 3.09. The number of nitrogens with two attached hydrogens (primary N) is 1. The van der Waals surface area contributed by atoms with Crippen LogP contribution in [0.5, 0.6) is 0 Å². The van der Waals surface area contributed by atoms with Crippen molar-refractivity contribution in [3.05, 3.63) is 34.9 Å². The van der Waals surface area contributed by atoms with Gasteiger partial charge in [-0.15, -0.1) is 0 Å². The van der Waals surface area contributed by atoms with Gasteiger partial charge in [-0.05, 0) is 24.6 Å². The summed E-state index contributed by atoms with van der Waals surface area (Å²) in [4.78, 5) is 0. The summed E-state index contributed by atoms with van der Waals surface area (Å²) in [7, 11) is 0. The fourth-order valence-electron chi connectivity index (χ4n) is 1.21. The monoisotopic (exact) mass is 199 g/mol. The Morgan fingerprint density at radius 1 is 1.54 bits per heavy atom. The van der Waals surface area contributed by atoms with Gasteiger partial charge in [-0.3, -0.25) is 0 Å². The maximum absolute atomic E-state index is 5.85. The average Bonchev–Trinajstić information content (AvgIpc) is 2.14. The van der Waals surface area contributed by atoms with Gasteiger partial charge in [0.25, 0.3) is 0 Å². The number of ether oxygens (including phenoxy) is 1. The molecule has 13 heavy (non-hydrogen) atoms. The molecule has 0 aliphatic heterocycles. The molecular formula is C10H14ClNO. The molecule has 1 atom stereocenters. The molecule has 2 nitrogen and oxygen atoms in total. The standard InChI is InChI=1S/C10H14ClNO/c1-2-13-10(7-12)8-4-3-5-9(11)6-8/h3-6,10H,2,7,12H2,1H3/t10-/m0/s1. The minimum absolute atomic E-state index is 0.0382. The lowest BCUT2D eigenvalue weighted by Crippen LogP contribution is -2.15. The first-order valence-electron chi connectivity index (χ1n) is 4.35. The number of benzene rings is 1. The van der Waals surface area contributed by atoms with Crippen molar-refractivity contribution in [2.75, 3.05) is 13.2 Å². The van der Waals surface area contributed by atoms with Gasteiger partial charge >= 0.3 is 0 Å². The minimum Gasteiger partial charge on any atom is -0.372 e. The lowest BCUT2D eigenvalue weighted by molar-refractivity contribution is 0.0688. The lowest BCUT2D eigenvalue weighted by atomic mass is 10.1. The van der Waals surface area contributed by atoms with Crippen molar-refractivity contribution in [2.45, 2.75) is 13.0 Å². The van der Waals surface area contributed by atoms with E-state index in [1.807, 2.05) is 31.2 Å². The second-order valence-electron chi connectivity index (χ2n) is 2.73. The second-order valence-corrected chi connectivity index (χ2v) is 3.17. The predicted octanol–water partition coefficient (Wildman–Crippen LogP) is 2.38. The van der Waals surface area contributed by atoms with Crippen molar-refractivity contribution in [1.82, 2.24) is 0 Å². The van der Waals surface area contributed by atoms with E-state index in [0.717, 1.165) is 10.6 Å². The average molecular weight is 200 g/mol. The van der Waals surface area contributed by atoms with Crippen molar-refractivity contribution < 1.29 is 4.74 Å². The third kappa shape index (κ3) is 2.99. The van der Waals surface area contributed by atoms with Crippen LogP contribution in [0.1, 0.15) is 18.6 Å². The first kappa shape index (κ1) is 10.5. The molecule has 0 aromatic heterocycles. The summed E-state index contributed by atoms with van der Waals surface area (Å²) >= 11 is 5.85. The van der Waals surface area contributed by atoms with Crippen molar-refractivity contribution in [3.63, 3.8) is 0 Å². The van der Waals surface area contributed by atoms with Crippen LogP contribution in [0.25, 0.3) is 0 Å². The highest BCUT2D eigenvalue weighted by Crippen LogP contribution is 2.19. The zero-order valence-electron chi connectivity index (χ0n) is 7.66. The first-order valence-corrected chi connectivity index (χ1v) is 4.72. The Morgan fingerprint density at radius 2 is 2.31 bits per heavy atom. The molecule has 1 aromatic rings. The lowest BCUT2D eigenvalue weighted by Gasteiger charge is -2.15. The van der Waals surface area contributed by atoms with Gasteiger partial charge < -0.3 is 10.5 Å². The molecule has 0 spiro atoms. The molecule has 2 N–H and O–H groups in total. The van der Waals surface area contributed by atoms with E-state index in [4.69, 9.17) is 22.1 Å². The SMILES string of the molecule is CCO[C@@H](CN)c1cccc(Cl)c1. The van der Waals surface area contributed by atoms with Crippen molar-refractivity contribution in [2.24, 2.45) is 5.73 Å². The summed E-state index contributed by atoms with van der Waals surface area (Å²) in [5, 5.41) is 0.718. The number of rotatable bonds is 4. The maximum atomic E-state index is 5.85. The van der Waals surface area contributed by atoms with E-state index in [1.165, 1.54) is 0 Å². The van der Waals surface area contributed by atoms with E-state index < -0.39 is 0 Å². The zero-order chi connectivity index (χ0) is 9.68. The molecule has 1 aromatic carbocycles. The van der Waals surface area contributed by atoms with Gasteiger partial charge in [0.2, 0.25) is 0 Å². The Balaban J connectivity index is 2.78. The van der Waals surface area contributed by atoms with E-state index >= 15 is 0 Å². The van der Waals surface area contributed by atoms with Crippen molar-refractivity contribution >= 4 is 11.6 Å². The molecule has 1 rings (SSSR count). The van der Waals surface area contributed by atoms with Gasteiger partial charge in [-0.25, -0.2) is 0 Å². The minimum atomic E-state index is -0.0382. The van der Waals surface area contributed by atoms with Crippen LogP contribution in [0.4, 0.5) is 0 Å². The van der Waals surface area contributed by atoms with Gasteiger partial charge in [-0.2, -0.15) is 0 Å². The highest BCUT2D eigenvalue weighted by atomic mass is 35.5. The van der Waals surface area contributed by atoms with Crippen LogP contribution < -0.4 is 5.73 Å². The topological polar surface area (TPSA) is 35.2 Å². The molecular weight excluding hydrogens is 186 g/mol. The quantitative estimate of drug-likeness (QED) is 0.808. The largest absolute Gasteiger partial charge is 0.372 e. The fourth-order valence-corrected chi connectivity index (χ4v) is 1.41. The van der Waals surface area contributed by atoms with Crippen LogP contribution >= 0.6 is 11.6 Å². The Bertz CT molecular complexity index is 265. The summed E-state index contributed by atoms with van der Waals surface area (Å²) in [5.41, 5.74) is 6.61.